The van der Waals surface area contributed by atoms with Crippen LogP contribution in [-0.4, -0.2) is 15.3 Å². The van der Waals surface area contributed by atoms with E-state index in [1.807, 2.05) is 22.9 Å². The minimum atomic E-state index is -0.0622. The quantitative estimate of drug-likeness (QED) is 0.760. The van der Waals surface area contributed by atoms with Gasteiger partial charge in [-0.3, -0.25) is 4.79 Å². The first-order chi connectivity index (χ1) is 8.63. The van der Waals surface area contributed by atoms with Crippen molar-refractivity contribution in [3.63, 3.8) is 0 Å². The van der Waals surface area contributed by atoms with Gasteiger partial charge in [0.1, 0.15) is 0 Å². The largest absolute Gasteiger partial charge is 0.328 e. The second-order valence-corrected chi connectivity index (χ2v) is 5.67. The van der Waals surface area contributed by atoms with Gasteiger partial charge in [0.25, 0.3) is 0 Å². The van der Waals surface area contributed by atoms with Crippen LogP contribution >= 0.6 is 31.9 Å². The lowest BCUT2D eigenvalue weighted by molar-refractivity contribution is 0.102. The summed E-state index contributed by atoms with van der Waals surface area (Å²) in [5.74, 6) is 0.424. The summed E-state index contributed by atoms with van der Waals surface area (Å²) < 4.78 is 3.59. The maximum Gasteiger partial charge on any atom is 0.229 e. The molecule has 18 heavy (non-hydrogen) atoms. The fraction of sp³-hybridized carbons (Fsp3) is 0.231. The summed E-state index contributed by atoms with van der Waals surface area (Å²) in [5.41, 5.74) is 0.627. The van der Waals surface area contributed by atoms with Crippen LogP contribution in [0.25, 0.3) is 0 Å². The lowest BCUT2D eigenvalue weighted by Crippen LogP contribution is -2.11. The number of aryl methyl sites for hydroxylation is 1. The highest BCUT2D eigenvalue weighted by Gasteiger charge is 2.17. The predicted molar refractivity (Wildman–Crippen MR) is 77.8 cm³/mol. The third-order valence-corrected chi connectivity index (χ3v) is 3.71. The van der Waals surface area contributed by atoms with E-state index < -0.39 is 0 Å². The molecule has 0 saturated heterocycles. The number of carbonyl (C=O) groups excluding carboxylic acids is 1. The lowest BCUT2D eigenvalue weighted by Gasteiger charge is -2.07. The number of hydrogen-bond acceptors (Lipinski definition) is 2. The van der Waals surface area contributed by atoms with E-state index in [-0.39, 0.29) is 5.78 Å². The van der Waals surface area contributed by atoms with Crippen molar-refractivity contribution in [3.8, 4) is 0 Å². The number of imidazole rings is 1. The first-order valence-electron chi connectivity index (χ1n) is 5.64. The van der Waals surface area contributed by atoms with Crippen LogP contribution in [0.15, 0.2) is 39.5 Å². The monoisotopic (exact) mass is 370 g/mol. The molecular formula is C13H12Br2N2O. The third-order valence-electron chi connectivity index (χ3n) is 2.56. The van der Waals surface area contributed by atoms with Gasteiger partial charge in [0.15, 0.2) is 5.82 Å². The molecule has 0 unspecified atom stereocenters. The molecule has 0 saturated carbocycles. The molecule has 0 aliphatic rings. The Morgan fingerprint density at radius 2 is 2.17 bits per heavy atom. The van der Waals surface area contributed by atoms with E-state index in [1.165, 1.54) is 0 Å². The topological polar surface area (TPSA) is 34.9 Å². The van der Waals surface area contributed by atoms with Crippen molar-refractivity contribution < 1.29 is 4.79 Å². The minimum absolute atomic E-state index is 0.0622. The van der Waals surface area contributed by atoms with E-state index in [2.05, 4.69) is 43.8 Å². The highest BCUT2D eigenvalue weighted by Crippen LogP contribution is 2.24. The van der Waals surface area contributed by atoms with Gasteiger partial charge in [-0.15, -0.1) is 0 Å². The molecule has 0 atom stereocenters. The molecule has 5 heteroatoms. The molecule has 1 aromatic heterocycles. The minimum Gasteiger partial charge on any atom is -0.328 e. The summed E-state index contributed by atoms with van der Waals surface area (Å²) >= 11 is 6.78. The summed E-state index contributed by atoms with van der Waals surface area (Å²) in [6.45, 7) is 2.87. The average molecular weight is 372 g/mol. The molecule has 2 rings (SSSR count). The second-order valence-electron chi connectivity index (χ2n) is 3.90. The molecular weight excluding hydrogens is 360 g/mol. The summed E-state index contributed by atoms with van der Waals surface area (Å²) in [7, 11) is 0. The maximum absolute atomic E-state index is 12.4. The lowest BCUT2D eigenvalue weighted by atomic mass is 10.1. The van der Waals surface area contributed by atoms with Gasteiger partial charge >= 0.3 is 0 Å². The Labute approximate surface area is 122 Å². The molecule has 1 heterocycles. The van der Waals surface area contributed by atoms with E-state index in [0.29, 0.717) is 11.4 Å². The zero-order valence-electron chi connectivity index (χ0n) is 9.86. The molecule has 0 aliphatic heterocycles. The molecule has 3 nitrogen and oxygen atoms in total. The van der Waals surface area contributed by atoms with Gasteiger partial charge < -0.3 is 4.57 Å². The van der Waals surface area contributed by atoms with Crippen molar-refractivity contribution in [2.24, 2.45) is 0 Å². The average Bonchev–Trinajstić information content (AvgIpc) is 2.77. The van der Waals surface area contributed by atoms with Crippen LogP contribution in [-0.2, 0) is 6.54 Å². The standard InChI is InChI=1S/C13H12Br2N2O/c1-2-6-17-7-5-16-13(17)12(18)10-4-3-9(14)8-11(10)15/h3-5,7-8H,2,6H2,1H3. The molecule has 94 valence electrons. The Hall–Kier alpha value is -0.940. The summed E-state index contributed by atoms with van der Waals surface area (Å²) in [6.07, 6.45) is 4.47. The molecule has 0 amide bonds. The molecule has 0 radical (unpaired) electrons. The van der Waals surface area contributed by atoms with Gasteiger partial charge in [-0.1, -0.05) is 22.9 Å². The fourth-order valence-corrected chi connectivity index (χ4v) is 2.96. The van der Waals surface area contributed by atoms with Crippen molar-refractivity contribution in [3.05, 3.63) is 50.9 Å². The highest BCUT2D eigenvalue weighted by molar-refractivity contribution is 9.11. The third kappa shape index (κ3) is 2.72. The smallest absolute Gasteiger partial charge is 0.229 e. The first kappa shape index (κ1) is 13.5. The molecule has 0 aliphatic carbocycles. The number of nitrogens with zero attached hydrogens (tertiary/aromatic N) is 2. The highest BCUT2D eigenvalue weighted by atomic mass is 79.9. The van der Waals surface area contributed by atoms with Crippen LogP contribution in [0.2, 0.25) is 0 Å². The Morgan fingerprint density at radius 3 is 2.83 bits per heavy atom. The van der Waals surface area contributed by atoms with Crippen LogP contribution in [0.3, 0.4) is 0 Å². The van der Waals surface area contributed by atoms with E-state index in [0.717, 1.165) is 21.9 Å². The number of rotatable bonds is 4. The molecule has 0 fully saturated rings. The molecule has 0 N–H and O–H groups in total. The van der Waals surface area contributed by atoms with E-state index in [9.17, 15) is 4.79 Å². The number of ketones is 1. The SMILES string of the molecule is CCCn1ccnc1C(=O)c1ccc(Br)cc1Br. The molecule has 0 spiro atoms. The van der Waals surface area contributed by atoms with Gasteiger partial charge in [0, 0.05) is 33.4 Å². The van der Waals surface area contributed by atoms with E-state index in [1.54, 1.807) is 12.3 Å². The Morgan fingerprint density at radius 1 is 1.39 bits per heavy atom. The second kappa shape index (κ2) is 5.80. The Bertz CT molecular complexity index is 578. The van der Waals surface area contributed by atoms with Crippen LogP contribution in [0.1, 0.15) is 29.5 Å². The first-order valence-corrected chi connectivity index (χ1v) is 7.23. The zero-order valence-corrected chi connectivity index (χ0v) is 13.0. The number of aromatic nitrogens is 2. The van der Waals surface area contributed by atoms with Crippen molar-refractivity contribution in [2.75, 3.05) is 0 Å². The van der Waals surface area contributed by atoms with Crippen molar-refractivity contribution in [1.82, 2.24) is 9.55 Å². The summed E-state index contributed by atoms with van der Waals surface area (Å²) in [4.78, 5) is 16.6. The van der Waals surface area contributed by atoms with E-state index in [4.69, 9.17) is 0 Å². The molecule has 1 aromatic carbocycles. The molecule has 0 bridgehead atoms. The number of halogens is 2. The van der Waals surface area contributed by atoms with Crippen LogP contribution in [0.5, 0.6) is 0 Å². The van der Waals surface area contributed by atoms with Crippen molar-refractivity contribution in [2.45, 2.75) is 19.9 Å². The van der Waals surface area contributed by atoms with Crippen LogP contribution in [0.4, 0.5) is 0 Å². The van der Waals surface area contributed by atoms with Gasteiger partial charge in [0.05, 0.1) is 0 Å². The number of benzene rings is 1. The van der Waals surface area contributed by atoms with Gasteiger partial charge in [-0.05, 0) is 40.5 Å². The normalized spacial score (nSPS) is 10.6. The van der Waals surface area contributed by atoms with Crippen LogP contribution in [0, 0.1) is 0 Å². The number of carbonyl (C=O) groups is 1. The van der Waals surface area contributed by atoms with Gasteiger partial charge in [-0.25, -0.2) is 4.98 Å². The van der Waals surface area contributed by atoms with Crippen LogP contribution < -0.4 is 0 Å². The summed E-state index contributed by atoms with van der Waals surface area (Å²) in [6, 6.07) is 5.51. The van der Waals surface area contributed by atoms with Gasteiger partial charge in [0.2, 0.25) is 5.78 Å². The number of hydrogen-bond donors (Lipinski definition) is 0. The van der Waals surface area contributed by atoms with Crippen molar-refractivity contribution >= 4 is 37.6 Å². The predicted octanol–water partition coefficient (Wildman–Crippen LogP) is 4.05. The Balaban J connectivity index is 2.38. The fourth-order valence-electron chi connectivity index (χ4n) is 1.73. The maximum atomic E-state index is 12.4. The van der Waals surface area contributed by atoms with E-state index >= 15 is 0 Å². The summed E-state index contributed by atoms with van der Waals surface area (Å²) in [5, 5.41) is 0. The van der Waals surface area contributed by atoms with Crippen molar-refractivity contribution in [1.29, 1.82) is 0 Å². The van der Waals surface area contributed by atoms with Gasteiger partial charge in [-0.2, -0.15) is 0 Å². The Kier molecular flexibility index (Phi) is 4.35. The molecule has 2 aromatic rings. The zero-order chi connectivity index (χ0) is 13.1.